The second kappa shape index (κ2) is 6.17. The van der Waals surface area contributed by atoms with E-state index < -0.39 is 0 Å². The summed E-state index contributed by atoms with van der Waals surface area (Å²) in [6.07, 6.45) is 0.996. The molecular weight excluding hydrogens is 238 g/mol. The number of nitrogens with zero attached hydrogens (tertiary/aromatic N) is 2. The number of nitrogens with two attached hydrogens (primary N) is 1. The smallest absolute Gasteiger partial charge is 0.240 e. The van der Waals surface area contributed by atoms with E-state index in [1.54, 1.807) is 4.90 Å². The first-order chi connectivity index (χ1) is 9.15. The van der Waals surface area contributed by atoms with Gasteiger partial charge < -0.3 is 10.6 Å². The topological polar surface area (TPSA) is 49.6 Å². The molecule has 1 saturated heterocycles. The summed E-state index contributed by atoms with van der Waals surface area (Å²) in [5.74, 6) is 0.141. The van der Waals surface area contributed by atoms with Crippen molar-refractivity contribution in [3.05, 3.63) is 35.9 Å². The number of hydrogen-bond donors (Lipinski definition) is 1. The van der Waals surface area contributed by atoms with E-state index in [1.807, 2.05) is 25.2 Å². The molecule has 1 fully saturated rings. The molecule has 2 rings (SSSR count). The third-order valence-electron chi connectivity index (χ3n) is 3.97. The van der Waals surface area contributed by atoms with Gasteiger partial charge in [0.2, 0.25) is 5.91 Å². The Balaban J connectivity index is 2.23. The van der Waals surface area contributed by atoms with Gasteiger partial charge in [-0.2, -0.15) is 0 Å². The number of amides is 1. The van der Waals surface area contributed by atoms with E-state index in [0.717, 1.165) is 19.5 Å². The van der Waals surface area contributed by atoms with Crippen molar-refractivity contribution in [2.75, 3.05) is 26.7 Å². The minimum atomic E-state index is -0.206. The van der Waals surface area contributed by atoms with E-state index in [1.165, 1.54) is 5.56 Å². The van der Waals surface area contributed by atoms with Gasteiger partial charge >= 0.3 is 0 Å². The summed E-state index contributed by atoms with van der Waals surface area (Å²) in [6.45, 7) is 4.25. The summed E-state index contributed by atoms with van der Waals surface area (Å²) < 4.78 is 0. The van der Waals surface area contributed by atoms with Crippen molar-refractivity contribution >= 4 is 5.91 Å². The second-order valence-electron chi connectivity index (χ2n) is 5.19. The Labute approximate surface area is 115 Å². The first-order valence-corrected chi connectivity index (χ1v) is 6.91. The SMILES string of the molecule is CC(c1ccccc1)N1CCCN(C)C(=O)C1CN. The average Bonchev–Trinajstić information content (AvgIpc) is 2.59. The van der Waals surface area contributed by atoms with E-state index in [2.05, 4.69) is 24.0 Å². The van der Waals surface area contributed by atoms with Gasteiger partial charge in [-0.25, -0.2) is 0 Å². The maximum absolute atomic E-state index is 12.3. The largest absolute Gasteiger partial charge is 0.344 e. The van der Waals surface area contributed by atoms with Gasteiger partial charge in [-0.15, -0.1) is 0 Å². The van der Waals surface area contributed by atoms with Gasteiger partial charge in [0.05, 0.1) is 0 Å². The summed E-state index contributed by atoms with van der Waals surface area (Å²) in [7, 11) is 1.86. The summed E-state index contributed by atoms with van der Waals surface area (Å²) in [4.78, 5) is 16.4. The van der Waals surface area contributed by atoms with Crippen LogP contribution < -0.4 is 5.73 Å². The number of carbonyl (C=O) groups is 1. The van der Waals surface area contributed by atoms with Crippen LogP contribution in [0.3, 0.4) is 0 Å². The van der Waals surface area contributed by atoms with E-state index in [4.69, 9.17) is 5.73 Å². The van der Waals surface area contributed by atoms with E-state index in [9.17, 15) is 4.79 Å². The van der Waals surface area contributed by atoms with E-state index in [0.29, 0.717) is 6.54 Å². The highest BCUT2D eigenvalue weighted by atomic mass is 16.2. The zero-order valence-corrected chi connectivity index (χ0v) is 11.7. The number of carbonyl (C=O) groups excluding carboxylic acids is 1. The number of benzene rings is 1. The molecule has 19 heavy (non-hydrogen) atoms. The molecule has 0 radical (unpaired) electrons. The van der Waals surface area contributed by atoms with Crippen molar-refractivity contribution in [2.45, 2.75) is 25.4 Å². The first kappa shape index (κ1) is 14.0. The van der Waals surface area contributed by atoms with Gasteiger partial charge in [-0.3, -0.25) is 9.69 Å². The Morgan fingerprint density at radius 1 is 1.32 bits per heavy atom. The third kappa shape index (κ3) is 2.96. The van der Waals surface area contributed by atoms with Crippen LogP contribution in [-0.4, -0.2) is 48.4 Å². The van der Waals surface area contributed by atoms with Gasteiger partial charge in [0.15, 0.2) is 0 Å². The molecule has 2 unspecified atom stereocenters. The normalized spacial score (nSPS) is 23.2. The molecule has 4 nitrogen and oxygen atoms in total. The van der Waals surface area contributed by atoms with E-state index in [-0.39, 0.29) is 18.0 Å². The fourth-order valence-electron chi connectivity index (χ4n) is 2.78. The molecule has 1 aromatic rings. The first-order valence-electron chi connectivity index (χ1n) is 6.91. The highest BCUT2D eigenvalue weighted by molar-refractivity contribution is 5.82. The lowest BCUT2D eigenvalue weighted by molar-refractivity contribution is -0.134. The predicted octanol–water partition coefficient (Wildman–Crippen LogP) is 1.24. The second-order valence-corrected chi connectivity index (χ2v) is 5.19. The fraction of sp³-hybridized carbons (Fsp3) is 0.533. The lowest BCUT2D eigenvalue weighted by Crippen LogP contribution is -2.49. The molecule has 1 aromatic carbocycles. The quantitative estimate of drug-likeness (QED) is 0.890. The molecular formula is C15H23N3O. The summed E-state index contributed by atoms with van der Waals surface area (Å²) in [6, 6.07) is 10.3. The maximum Gasteiger partial charge on any atom is 0.240 e. The Morgan fingerprint density at radius 2 is 2.00 bits per heavy atom. The van der Waals surface area contributed by atoms with Crippen LogP contribution in [0.25, 0.3) is 0 Å². The van der Waals surface area contributed by atoms with Crippen molar-refractivity contribution < 1.29 is 4.79 Å². The third-order valence-corrected chi connectivity index (χ3v) is 3.97. The van der Waals surface area contributed by atoms with Crippen LogP contribution in [0.4, 0.5) is 0 Å². The number of rotatable bonds is 3. The minimum absolute atomic E-state index is 0.141. The number of hydrogen-bond acceptors (Lipinski definition) is 3. The molecule has 1 amide bonds. The van der Waals surface area contributed by atoms with Crippen molar-refractivity contribution in [1.82, 2.24) is 9.80 Å². The van der Waals surface area contributed by atoms with Crippen molar-refractivity contribution in [3.8, 4) is 0 Å². The van der Waals surface area contributed by atoms with Crippen molar-refractivity contribution in [2.24, 2.45) is 5.73 Å². The highest BCUT2D eigenvalue weighted by Crippen LogP contribution is 2.24. The molecule has 0 aromatic heterocycles. The van der Waals surface area contributed by atoms with Gasteiger partial charge in [-0.1, -0.05) is 30.3 Å². The zero-order valence-electron chi connectivity index (χ0n) is 11.7. The van der Waals surface area contributed by atoms with Crippen LogP contribution in [0.2, 0.25) is 0 Å². The highest BCUT2D eigenvalue weighted by Gasteiger charge is 2.33. The molecule has 1 heterocycles. The Morgan fingerprint density at radius 3 is 2.63 bits per heavy atom. The number of likely N-dealkylation sites (N-methyl/N-ethyl adjacent to an activating group) is 1. The molecule has 104 valence electrons. The maximum atomic E-state index is 12.3. The molecule has 0 spiro atoms. The Kier molecular flexibility index (Phi) is 4.56. The van der Waals surface area contributed by atoms with E-state index >= 15 is 0 Å². The summed E-state index contributed by atoms with van der Waals surface area (Å²) in [5, 5.41) is 0. The van der Waals surface area contributed by atoms with Gasteiger partial charge in [0.25, 0.3) is 0 Å². The van der Waals surface area contributed by atoms with Gasteiger partial charge in [-0.05, 0) is 18.9 Å². The monoisotopic (exact) mass is 261 g/mol. The van der Waals surface area contributed by atoms with Crippen LogP contribution in [0.5, 0.6) is 0 Å². The molecule has 4 heteroatoms. The van der Waals surface area contributed by atoms with Crippen LogP contribution >= 0.6 is 0 Å². The lowest BCUT2D eigenvalue weighted by Gasteiger charge is -2.34. The van der Waals surface area contributed by atoms with Crippen LogP contribution in [0.1, 0.15) is 24.9 Å². The Bertz CT molecular complexity index is 421. The molecule has 0 aliphatic carbocycles. The van der Waals surface area contributed by atoms with Crippen molar-refractivity contribution in [1.29, 1.82) is 0 Å². The Hall–Kier alpha value is -1.39. The molecule has 2 N–H and O–H groups in total. The molecule has 2 atom stereocenters. The standard InChI is InChI=1S/C15H23N3O/c1-12(13-7-4-3-5-8-13)18-10-6-9-17(2)15(19)14(18)11-16/h3-5,7-8,12,14H,6,9-11,16H2,1-2H3. The van der Waals surface area contributed by atoms with Gasteiger partial charge in [0, 0.05) is 32.7 Å². The molecule has 0 bridgehead atoms. The van der Waals surface area contributed by atoms with Crippen LogP contribution in [0, 0.1) is 0 Å². The molecule has 1 aliphatic heterocycles. The van der Waals surface area contributed by atoms with Crippen molar-refractivity contribution in [3.63, 3.8) is 0 Å². The van der Waals surface area contributed by atoms with Crippen LogP contribution in [0.15, 0.2) is 30.3 Å². The van der Waals surface area contributed by atoms with Gasteiger partial charge in [0.1, 0.15) is 6.04 Å². The zero-order chi connectivity index (χ0) is 13.8. The summed E-state index contributed by atoms with van der Waals surface area (Å²) >= 11 is 0. The lowest BCUT2D eigenvalue weighted by atomic mass is 10.0. The minimum Gasteiger partial charge on any atom is -0.344 e. The van der Waals surface area contributed by atoms with Crippen LogP contribution in [-0.2, 0) is 4.79 Å². The molecule has 1 aliphatic rings. The average molecular weight is 261 g/mol. The summed E-state index contributed by atoms with van der Waals surface area (Å²) in [5.41, 5.74) is 7.08. The molecule has 0 saturated carbocycles. The predicted molar refractivity (Wildman–Crippen MR) is 76.7 cm³/mol. The fourth-order valence-corrected chi connectivity index (χ4v) is 2.78.